The summed E-state index contributed by atoms with van der Waals surface area (Å²) in [6, 6.07) is 0.253. The van der Waals surface area contributed by atoms with Crippen molar-refractivity contribution >= 4 is 17.0 Å². The molecule has 0 spiro atoms. The molecule has 2 aromatic heterocycles. The number of unbranched alkanes of at least 4 members (excludes halogenated alkanes) is 1. The Balaban J connectivity index is 1.35. The summed E-state index contributed by atoms with van der Waals surface area (Å²) in [4.78, 5) is 26.8. The number of aromatic nitrogens is 4. The van der Waals surface area contributed by atoms with Crippen molar-refractivity contribution in [3.8, 4) is 6.01 Å². The molecule has 0 amide bonds. The van der Waals surface area contributed by atoms with Crippen LogP contribution in [0.3, 0.4) is 0 Å². The summed E-state index contributed by atoms with van der Waals surface area (Å²) in [5, 5.41) is 0. The predicted molar refractivity (Wildman–Crippen MR) is 128 cm³/mol. The van der Waals surface area contributed by atoms with Crippen LogP contribution in [0.1, 0.15) is 77.6 Å². The van der Waals surface area contributed by atoms with E-state index in [1.807, 2.05) is 0 Å². The van der Waals surface area contributed by atoms with Crippen LogP contribution in [0.2, 0.25) is 0 Å². The molecule has 8 nitrogen and oxygen atoms in total. The molecule has 2 fully saturated rings. The van der Waals surface area contributed by atoms with Gasteiger partial charge in [0.05, 0.1) is 6.61 Å². The zero-order valence-corrected chi connectivity index (χ0v) is 19.7. The van der Waals surface area contributed by atoms with Gasteiger partial charge in [0.25, 0.3) is 0 Å². The first-order chi connectivity index (χ1) is 15.6. The van der Waals surface area contributed by atoms with Crippen LogP contribution >= 0.6 is 0 Å². The first-order valence-corrected chi connectivity index (χ1v) is 12.7. The molecule has 3 heterocycles. The molecule has 1 saturated carbocycles. The van der Waals surface area contributed by atoms with Crippen LogP contribution in [0.4, 0.5) is 5.82 Å². The van der Waals surface area contributed by atoms with E-state index in [1.165, 1.54) is 64.5 Å². The SMILES string of the molecule is CCCCOc1nc(N)c2[nH]c(=O)n(CCC3CCCN(CCC4CCCCC4)C3)c2n1. The fraction of sp³-hybridized carbons (Fsp3) is 0.792. The van der Waals surface area contributed by atoms with Crippen molar-refractivity contribution in [1.82, 2.24) is 24.4 Å². The maximum absolute atomic E-state index is 12.6. The summed E-state index contributed by atoms with van der Waals surface area (Å²) < 4.78 is 7.36. The van der Waals surface area contributed by atoms with Gasteiger partial charge < -0.3 is 20.4 Å². The van der Waals surface area contributed by atoms with Crippen molar-refractivity contribution in [2.45, 2.75) is 84.1 Å². The molecule has 1 atom stereocenters. The molecule has 0 aromatic carbocycles. The zero-order valence-electron chi connectivity index (χ0n) is 19.7. The van der Waals surface area contributed by atoms with E-state index >= 15 is 0 Å². The molecular formula is C24H40N6O2. The van der Waals surface area contributed by atoms with E-state index in [1.54, 1.807) is 4.57 Å². The van der Waals surface area contributed by atoms with Gasteiger partial charge in [0.1, 0.15) is 5.52 Å². The van der Waals surface area contributed by atoms with Gasteiger partial charge in [-0.15, -0.1) is 0 Å². The minimum atomic E-state index is -0.170. The van der Waals surface area contributed by atoms with Crippen LogP contribution < -0.4 is 16.2 Å². The molecule has 1 aliphatic carbocycles. The number of hydrogen-bond acceptors (Lipinski definition) is 6. The largest absolute Gasteiger partial charge is 0.463 e. The summed E-state index contributed by atoms with van der Waals surface area (Å²) in [6.45, 7) is 6.90. The van der Waals surface area contributed by atoms with Crippen molar-refractivity contribution in [2.24, 2.45) is 11.8 Å². The molecule has 0 radical (unpaired) electrons. The Morgan fingerprint density at radius 3 is 2.66 bits per heavy atom. The Morgan fingerprint density at radius 1 is 1.06 bits per heavy atom. The number of hydrogen-bond donors (Lipinski definition) is 2. The second-order valence-corrected chi connectivity index (χ2v) is 9.76. The third-order valence-corrected chi connectivity index (χ3v) is 7.30. The Kier molecular flexibility index (Phi) is 8.05. The monoisotopic (exact) mass is 444 g/mol. The van der Waals surface area contributed by atoms with E-state index in [9.17, 15) is 4.79 Å². The molecule has 4 rings (SSSR count). The number of nitrogen functional groups attached to an aromatic ring is 1. The molecule has 8 heteroatoms. The number of imidazole rings is 1. The topological polar surface area (TPSA) is 102 Å². The third-order valence-electron chi connectivity index (χ3n) is 7.30. The number of piperidine rings is 1. The second kappa shape index (κ2) is 11.2. The number of H-pyrrole nitrogens is 1. The second-order valence-electron chi connectivity index (χ2n) is 9.76. The number of nitrogens with one attached hydrogen (secondary N) is 1. The molecule has 2 aromatic rings. The van der Waals surface area contributed by atoms with Crippen LogP contribution in [0.15, 0.2) is 4.79 Å². The third kappa shape index (κ3) is 5.82. The quantitative estimate of drug-likeness (QED) is 0.538. The normalized spacial score (nSPS) is 20.7. The minimum Gasteiger partial charge on any atom is -0.463 e. The van der Waals surface area contributed by atoms with Crippen LogP contribution in [0.25, 0.3) is 11.2 Å². The van der Waals surface area contributed by atoms with Gasteiger partial charge in [-0.25, -0.2) is 4.79 Å². The Labute approximate surface area is 190 Å². The number of likely N-dealkylation sites (tertiary alicyclic amines) is 1. The maximum atomic E-state index is 12.6. The Bertz CT molecular complexity index is 917. The highest BCUT2D eigenvalue weighted by Gasteiger charge is 2.22. The standard InChI is InChI=1S/C24H40N6O2/c1-2-3-16-32-23-27-21(25)20-22(28-23)30(24(31)26-20)15-12-19-10-7-13-29(17-19)14-11-18-8-5-4-6-9-18/h18-19H,2-17H2,1H3,(H,26,31)(H2,25,27,28). The summed E-state index contributed by atoms with van der Waals surface area (Å²) >= 11 is 0. The highest BCUT2D eigenvalue weighted by Crippen LogP contribution is 2.28. The van der Waals surface area contributed by atoms with E-state index in [2.05, 4.69) is 26.8 Å². The van der Waals surface area contributed by atoms with Gasteiger partial charge in [0.2, 0.25) is 0 Å². The van der Waals surface area contributed by atoms with Gasteiger partial charge in [-0.2, -0.15) is 9.97 Å². The maximum Gasteiger partial charge on any atom is 0.327 e. The number of nitrogens with two attached hydrogens (primary N) is 1. The average molecular weight is 445 g/mol. The molecular weight excluding hydrogens is 404 g/mol. The average Bonchev–Trinajstić information content (AvgIpc) is 3.13. The van der Waals surface area contributed by atoms with E-state index in [0.717, 1.165) is 31.7 Å². The first kappa shape index (κ1) is 23.1. The first-order valence-electron chi connectivity index (χ1n) is 12.7. The number of fused-ring (bicyclic) bond motifs is 1. The smallest absolute Gasteiger partial charge is 0.327 e. The number of anilines is 1. The Morgan fingerprint density at radius 2 is 1.84 bits per heavy atom. The van der Waals surface area contributed by atoms with E-state index in [-0.39, 0.29) is 17.5 Å². The highest BCUT2D eigenvalue weighted by atomic mass is 16.5. The van der Waals surface area contributed by atoms with Crippen molar-refractivity contribution in [2.75, 3.05) is 32.0 Å². The lowest BCUT2D eigenvalue weighted by atomic mass is 9.86. The minimum absolute atomic E-state index is 0.170. The van der Waals surface area contributed by atoms with Gasteiger partial charge in [-0.05, 0) is 57.0 Å². The summed E-state index contributed by atoms with van der Waals surface area (Å²) in [6.07, 6.45) is 13.9. The van der Waals surface area contributed by atoms with E-state index in [0.29, 0.717) is 30.2 Å². The lowest BCUT2D eigenvalue weighted by molar-refractivity contribution is 0.151. The molecule has 1 unspecified atom stereocenters. The predicted octanol–water partition coefficient (Wildman–Crippen LogP) is 3.95. The van der Waals surface area contributed by atoms with Gasteiger partial charge >= 0.3 is 11.7 Å². The number of rotatable bonds is 10. The number of aryl methyl sites for hydroxylation is 1. The fourth-order valence-electron chi connectivity index (χ4n) is 5.35. The van der Waals surface area contributed by atoms with Gasteiger partial charge in [0, 0.05) is 13.1 Å². The molecule has 1 aliphatic heterocycles. The van der Waals surface area contributed by atoms with Crippen molar-refractivity contribution in [3.63, 3.8) is 0 Å². The highest BCUT2D eigenvalue weighted by molar-refractivity contribution is 5.81. The fourth-order valence-corrected chi connectivity index (χ4v) is 5.35. The van der Waals surface area contributed by atoms with Crippen molar-refractivity contribution in [1.29, 1.82) is 0 Å². The molecule has 0 bridgehead atoms. The molecule has 2 aliphatic rings. The zero-order chi connectivity index (χ0) is 22.3. The Hall–Kier alpha value is -2.09. The van der Waals surface area contributed by atoms with Crippen LogP contribution in [-0.2, 0) is 6.54 Å². The van der Waals surface area contributed by atoms with Crippen LogP contribution in [-0.4, -0.2) is 50.7 Å². The number of ether oxygens (including phenoxy) is 1. The molecule has 3 N–H and O–H groups in total. The van der Waals surface area contributed by atoms with Crippen LogP contribution in [0, 0.1) is 11.8 Å². The lowest BCUT2D eigenvalue weighted by Gasteiger charge is -2.34. The molecule has 32 heavy (non-hydrogen) atoms. The number of nitrogens with zero attached hydrogens (tertiary/aromatic N) is 4. The summed E-state index contributed by atoms with van der Waals surface area (Å²) in [5.41, 5.74) is 6.97. The van der Waals surface area contributed by atoms with Crippen molar-refractivity contribution in [3.05, 3.63) is 10.5 Å². The van der Waals surface area contributed by atoms with Crippen molar-refractivity contribution < 1.29 is 4.74 Å². The van der Waals surface area contributed by atoms with E-state index in [4.69, 9.17) is 10.5 Å². The van der Waals surface area contributed by atoms with Gasteiger partial charge in [-0.1, -0.05) is 45.4 Å². The van der Waals surface area contributed by atoms with E-state index < -0.39 is 0 Å². The van der Waals surface area contributed by atoms with Crippen LogP contribution in [0.5, 0.6) is 6.01 Å². The molecule has 1 saturated heterocycles. The summed E-state index contributed by atoms with van der Waals surface area (Å²) in [5.74, 6) is 1.82. The summed E-state index contributed by atoms with van der Waals surface area (Å²) in [7, 11) is 0. The molecule has 178 valence electrons. The van der Waals surface area contributed by atoms with Gasteiger partial charge in [0.15, 0.2) is 11.5 Å². The number of aromatic amines is 1. The van der Waals surface area contributed by atoms with Gasteiger partial charge in [-0.3, -0.25) is 4.57 Å². The lowest BCUT2D eigenvalue weighted by Crippen LogP contribution is -2.37.